The average molecular weight is 283 g/mol. The highest BCUT2D eigenvalue weighted by molar-refractivity contribution is 7.19. The molecule has 0 radical (unpaired) electrons. The second-order valence-corrected chi connectivity index (χ2v) is 6.05. The minimum Gasteiger partial charge on any atom is -0.397 e. The number of nitrogen functional groups attached to an aromatic ring is 1. The molecule has 1 aromatic heterocycles. The lowest BCUT2D eigenvalue weighted by Crippen LogP contribution is -2.23. The molecule has 0 fully saturated rings. The van der Waals surface area contributed by atoms with Gasteiger partial charge in [-0.15, -0.1) is 11.3 Å². The number of thiophene rings is 1. The van der Waals surface area contributed by atoms with Crippen LogP contribution < -0.4 is 16.4 Å². The molecule has 0 atom stereocenters. The van der Waals surface area contributed by atoms with Crippen molar-refractivity contribution in [2.75, 3.05) is 24.2 Å². The van der Waals surface area contributed by atoms with Gasteiger partial charge in [-0.05, 0) is 12.3 Å². The van der Waals surface area contributed by atoms with E-state index >= 15 is 0 Å². The number of Topliss-reactive ketones (excluding diaryl/α,β-unsaturated/α-hetero) is 1. The lowest BCUT2D eigenvalue weighted by Gasteiger charge is -2.19. The predicted octanol–water partition coefficient (Wildman–Crippen LogP) is 2.11. The molecular weight excluding hydrogens is 262 g/mol. The maximum atomic E-state index is 11.5. The van der Waals surface area contributed by atoms with Crippen molar-refractivity contribution in [3.05, 3.63) is 10.4 Å². The number of carbonyl (C=O) groups is 2. The van der Waals surface area contributed by atoms with E-state index in [1.54, 1.807) is 0 Å². The van der Waals surface area contributed by atoms with Crippen LogP contribution in [0.15, 0.2) is 0 Å². The van der Waals surface area contributed by atoms with Crippen LogP contribution in [0.25, 0.3) is 0 Å². The number of nitrogens with two attached hydrogens (primary N) is 2. The topological polar surface area (TPSA) is 89.4 Å². The van der Waals surface area contributed by atoms with Gasteiger partial charge in [0.1, 0.15) is 5.00 Å². The van der Waals surface area contributed by atoms with E-state index in [1.807, 2.05) is 11.9 Å². The van der Waals surface area contributed by atoms with E-state index in [-0.39, 0.29) is 17.0 Å². The maximum Gasteiger partial charge on any atom is 0.253 e. The van der Waals surface area contributed by atoms with Crippen LogP contribution in [0.2, 0.25) is 0 Å². The van der Waals surface area contributed by atoms with E-state index in [9.17, 15) is 9.59 Å². The highest BCUT2D eigenvalue weighted by Crippen LogP contribution is 2.37. The second-order valence-electron chi connectivity index (χ2n) is 5.05. The average Bonchev–Trinajstić information content (AvgIpc) is 2.63. The highest BCUT2D eigenvalue weighted by atomic mass is 32.1. The summed E-state index contributed by atoms with van der Waals surface area (Å²) < 4.78 is 0. The van der Waals surface area contributed by atoms with E-state index < -0.39 is 5.91 Å². The Morgan fingerprint density at radius 2 is 1.95 bits per heavy atom. The van der Waals surface area contributed by atoms with E-state index in [0.717, 1.165) is 13.0 Å². The Morgan fingerprint density at radius 3 is 2.37 bits per heavy atom. The van der Waals surface area contributed by atoms with Gasteiger partial charge in [-0.3, -0.25) is 9.59 Å². The highest BCUT2D eigenvalue weighted by Gasteiger charge is 2.24. The molecule has 0 bridgehead atoms. The van der Waals surface area contributed by atoms with Gasteiger partial charge in [-0.25, -0.2) is 0 Å². The van der Waals surface area contributed by atoms with Crippen molar-refractivity contribution >= 4 is 33.7 Å². The predicted molar refractivity (Wildman–Crippen MR) is 80.0 cm³/mol. The number of carbonyl (C=O) groups excluding carboxylic acids is 2. The van der Waals surface area contributed by atoms with E-state index in [1.165, 1.54) is 18.3 Å². The lowest BCUT2D eigenvalue weighted by molar-refractivity contribution is 0.100. The fourth-order valence-electron chi connectivity index (χ4n) is 1.75. The number of hydrogen-bond acceptors (Lipinski definition) is 5. The van der Waals surface area contributed by atoms with Crippen molar-refractivity contribution in [1.29, 1.82) is 0 Å². The molecule has 106 valence electrons. The summed E-state index contributed by atoms with van der Waals surface area (Å²) in [7, 11) is 1.88. The normalized spacial score (nSPS) is 10.8. The van der Waals surface area contributed by atoms with Crippen LogP contribution in [0.4, 0.5) is 10.7 Å². The Morgan fingerprint density at radius 1 is 1.37 bits per heavy atom. The Bertz CT molecular complexity index is 494. The van der Waals surface area contributed by atoms with Crippen molar-refractivity contribution in [3.8, 4) is 0 Å². The zero-order valence-electron chi connectivity index (χ0n) is 11.8. The molecule has 1 aromatic rings. The van der Waals surface area contributed by atoms with E-state index in [2.05, 4.69) is 13.8 Å². The third-order valence-corrected chi connectivity index (χ3v) is 4.30. The Labute approximate surface area is 117 Å². The molecule has 4 N–H and O–H groups in total. The monoisotopic (exact) mass is 283 g/mol. The van der Waals surface area contributed by atoms with Gasteiger partial charge in [0.25, 0.3) is 5.91 Å². The van der Waals surface area contributed by atoms with Gasteiger partial charge >= 0.3 is 0 Å². The first kappa shape index (κ1) is 15.5. The van der Waals surface area contributed by atoms with Gasteiger partial charge in [-0.2, -0.15) is 0 Å². The number of rotatable bonds is 6. The molecule has 1 rings (SSSR count). The molecule has 0 aliphatic carbocycles. The summed E-state index contributed by atoms with van der Waals surface area (Å²) in [5, 5.41) is 0.677. The summed E-state index contributed by atoms with van der Waals surface area (Å²) in [6.45, 7) is 6.49. The molecular formula is C13H21N3O2S. The van der Waals surface area contributed by atoms with Crippen molar-refractivity contribution in [1.82, 2.24) is 0 Å². The zero-order valence-corrected chi connectivity index (χ0v) is 12.6. The second kappa shape index (κ2) is 6.06. The summed E-state index contributed by atoms with van der Waals surface area (Å²) in [6.07, 6.45) is 0.988. The number of amides is 1. The Kier molecular flexibility index (Phi) is 4.94. The summed E-state index contributed by atoms with van der Waals surface area (Å²) in [5.41, 5.74) is 11.7. The largest absolute Gasteiger partial charge is 0.397 e. The van der Waals surface area contributed by atoms with Crippen LogP contribution in [0.1, 0.15) is 47.2 Å². The van der Waals surface area contributed by atoms with Crippen LogP contribution >= 0.6 is 11.3 Å². The zero-order chi connectivity index (χ0) is 14.7. The van der Waals surface area contributed by atoms with Crippen molar-refractivity contribution in [2.45, 2.75) is 27.2 Å². The molecule has 0 unspecified atom stereocenters. The number of anilines is 2. The minimum absolute atomic E-state index is 0.145. The fraction of sp³-hybridized carbons (Fsp3) is 0.538. The van der Waals surface area contributed by atoms with Crippen LogP contribution in [-0.4, -0.2) is 25.3 Å². The molecule has 0 spiro atoms. The molecule has 0 aromatic carbocycles. The number of hydrogen-bond donors (Lipinski definition) is 2. The van der Waals surface area contributed by atoms with Crippen molar-refractivity contribution in [3.63, 3.8) is 0 Å². The first-order chi connectivity index (χ1) is 8.75. The number of primary amides is 1. The molecule has 19 heavy (non-hydrogen) atoms. The van der Waals surface area contributed by atoms with Gasteiger partial charge in [0.15, 0.2) is 5.78 Å². The smallest absolute Gasteiger partial charge is 0.253 e. The summed E-state index contributed by atoms with van der Waals surface area (Å²) in [4.78, 5) is 25.4. The van der Waals surface area contributed by atoms with Crippen molar-refractivity contribution < 1.29 is 9.59 Å². The van der Waals surface area contributed by atoms with Gasteiger partial charge in [-0.1, -0.05) is 13.8 Å². The lowest BCUT2D eigenvalue weighted by atomic mass is 10.1. The summed E-state index contributed by atoms with van der Waals surface area (Å²) >= 11 is 1.23. The maximum absolute atomic E-state index is 11.5. The van der Waals surface area contributed by atoms with Gasteiger partial charge < -0.3 is 16.4 Å². The third kappa shape index (κ3) is 3.47. The molecule has 5 nitrogen and oxygen atoms in total. The molecule has 1 heterocycles. The number of ketones is 1. The van der Waals surface area contributed by atoms with Crippen LogP contribution in [-0.2, 0) is 0 Å². The van der Waals surface area contributed by atoms with Gasteiger partial charge in [0.2, 0.25) is 0 Å². The molecule has 0 saturated heterocycles. The first-order valence-corrected chi connectivity index (χ1v) is 7.01. The van der Waals surface area contributed by atoms with Crippen molar-refractivity contribution in [2.24, 2.45) is 11.7 Å². The number of nitrogens with zero attached hydrogens (tertiary/aromatic N) is 1. The molecule has 0 aliphatic heterocycles. The standard InChI is InChI=1S/C13H21N3O2S/c1-7(2)5-6-16(4)13-9(12(15)18)10(14)11(19-13)8(3)17/h7H,5-6,14H2,1-4H3,(H2,15,18). The Hall–Kier alpha value is -1.56. The molecule has 0 aliphatic rings. The SMILES string of the molecule is CC(=O)c1sc(N(C)CCC(C)C)c(C(N)=O)c1N. The summed E-state index contributed by atoms with van der Waals surface area (Å²) in [5.74, 6) is -0.176. The van der Waals surface area contributed by atoms with Gasteiger partial charge in [0, 0.05) is 20.5 Å². The van der Waals surface area contributed by atoms with Crippen LogP contribution in [0.5, 0.6) is 0 Å². The molecule has 1 amide bonds. The van der Waals surface area contributed by atoms with Gasteiger partial charge in [0.05, 0.1) is 16.1 Å². The van der Waals surface area contributed by atoms with E-state index in [0.29, 0.717) is 15.8 Å². The Balaban J connectivity index is 3.15. The van der Waals surface area contributed by atoms with E-state index in [4.69, 9.17) is 11.5 Å². The summed E-state index contributed by atoms with van der Waals surface area (Å²) in [6, 6.07) is 0. The first-order valence-electron chi connectivity index (χ1n) is 6.19. The van der Waals surface area contributed by atoms with Crippen LogP contribution in [0.3, 0.4) is 0 Å². The molecule has 6 heteroatoms. The van der Waals surface area contributed by atoms with Crippen LogP contribution in [0, 0.1) is 5.92 Å². The quantitative estimate of drug-likeness (QED) is 0.782. The fourth-order valence-corrected chi connectivity index (χ4v) is 2.86. The minimum atomic E-state index is -0.590. The molecule has 0 saturated carbocycles. The third-order valence-electron chi connectivity index (χ3n) is 2.88.